The Labute approximate surface area is 301 Å². The summed E-state index contributed by atoms with van der Waals surface area (Å²) in [6.07, 6.45) is 1.84. The average molecular weight is 751 g/mol. The topological polar surface area (TPSA) is 93.0 Å². The van der Waals surface area contributed by atoms with Crippen LogP contribution in [-0.2, 0) is 20.4 Å². The second-order valence-corrected chi connectivity index (χ2v) is 15.6. The van der Waals surface area contributed by atoms with Crippen LogP contribution in [0.25, 0.3) is 0 Å². The van der Waals surface area contributed by atoms with Crippen molar-refractivity contribution in [3.05, 3.63) is 189 Å². The lowest BCUT2D eigenvalue weighted by molar-refractivity contribution is -0.387. The highest BCUT2D eigenvalue weighted by atomic mass is 79.9. The van der Waals surface area contributed by atoms with Crippen LogP contribution >= 0.6 is 15.9 Å². The van der Waals surface area contributed by atoms with E-state index in [0.717, 1.165) is 26.7 Å². The minimum absolute atomic E-state index is 0.104. The van der Waals surface area contributed by atoms with Crippen molar-refractivity contribution in [3.63, 3.8) is 0 Å². The molecule has 0 saturated carbocycles. The Morgan fingerprint density at radius 1 is 0.820 bits per heavy atom. The van der Waals surface area contributed by atoms with Gasteiger partial charge >= 0.3 is 0 Å². The molecule has 2 fully saturated rings. The molecule has 7 rings (SSSR count). The third-order valence-corrected chi connectivity index (χ3v) is 12.5. The van der Waals surface area contributed by atoms with E-state index < -0.39 is 31.8 Å². The zero-order chi connectivity index (χ0) is 34.9. The van der Waals surface area contributed by atoms with Crippen molar-refractivity contribution >= 4 is 31.6 Å². The maximum Gasteiger partial charge on any atom is 0.289 e. The number of rotatable bonds is 12. The summed E-state index contributed by atoms with van der Waals surface area (Å²) in [7, 11) is -4.14. The van der Waals surface area contributed by atoms with Crippen LogP contribution in [0.1, 0.15) is 28.2 Å². The first-order valence-corrected chi connectivity index (χ1v) is 18.6. The molecule has 2 saturated heterocycles. The average Bonchev–Trinajstić information content (AvgIpc) is 3.12. The van der Waals surface area contributed by atoms with Gasteiger partial charge in [-0.1, -0.05) is 137 Å². The molecule has 8 nitrogen and oxygen atoms in total. The standard InChI is InChI=1S/C40H36BrN3O5S/c1-2-26-43-36(27-49-40(31-14-6-3-7-15-31,32-16-8-4-9-17-32)33-18-10-5-11-19-33)38(30-22-24-34(41)25-23-30)39(43)28-42(29-39)50(47,48)37-21-13-12-20-35(37)44(45)46/h2-25,36,38H,1,26-29H2/t36-,38+/m1/s1. The number of halogens is 1. The molecule has 0 bridgehead atoms. The third kappa shape index (κ3) is 5.71. The zero-order valence-electron chi connectivity index (χ0n) is 27.2. The number of sulfonamides is 1. The Balaban J connectivity index is 1.28. The second-order valence-electron chi connectivity index (χ2n) is 12.7. The van der Waals surface area contributed by atoms with E-state index >= 15 is 0 Å². The summed E-state index contributed by atoms with van der Waals surface area (Å²) in [5.41, 5.74) is 2.11. The Morgan fingerprint density at radius 2 is 1.32 bits per heavy atom. The quantitative estimate of drug-likeness (QED) is 0.0561. The van der Waals surface area contributed by atoms with E-state index in [0.29, 0.717) is 13.2 Å². The molecule has 0 aliphatic carbocycles. The normalized spacial score (nSPS) is 19.0. The summed E-state index contributed by atoms with van der Waals surface area (Å²) < 4.78 is 37.4. The molecule has 10 heteroatoms. The number of benzene rings is 5. The molecular formula is C40H36BrN3O5S. The van der Waals surface area contributed by atoms with Crippen LogP contribution in [0.2, 0.25) is 0 Å². The predicted octanol–water partition coefficient (Wildman–Crippen LogP) is 7.76. The first-order chi connectivity index (χ1) is 24.2. The van der Waals surface area contributed by atoms with Crippen LogP contribution < -0.4 is 0 Å². The highest BCUT2D eigenvalue weighted by Crippen LogP contribution is 2.56. The van der Waals surface area contributed by atoms with Gasteiger partial charge < -0.3 is 4.74 Å². The van der Waals surface area contributed by atoms with Crippen LogP contribution in [0.3, 0.4) is 0 Å². The molecule has 2 atom stereocenters. The lowest BCUT2D eigenvalue weighted by Crippen LogP contribution is -2.85. The van der Waals surface area contributed by atoms with Gasteiger partial charge in [0.2, 0.25) is 10.0 Å². The summed E-state index contributed by atoms with van der Waals surface area (Å²) in [6.45, 7) is 5.24. The predicted molar refractivity (Wildman–Crippen MR) is 197 cm³/mol. The van der Waals surface area contributed by atoms with Crippen molar-refractivity contribution < 1.29 is 18.1 Å². The smallest absolute Gasteiger partial charge is 0.289 e. The van der Waals surface area contributed by atoms with Crippen LogP contribution in [0.4, 0.5) is 5.69 Å². The van der Waals surface area contributed by atoms with Gasteiger partial charge in [-0.05, 0) is 40.5 Å². The van der Waals surface area contributed by atoms with Gasteiger partial charge in [-0.15, -0.1) is 6.58 Å². The molecule has 254 valence electrons. The van der Waals surface area contributed by atoms with Gasteiger partial charge in [-0.2, -0.15) is 4.31 Å². The van der Waals surface area contributed by atoms with Gasteiger partial charge in [0.1, 0.15) is 5.60 Å². The fourth-order valence-electron chi connectivity index (χ4n) is 7.87. The van der Waals surface area contributed by atoms with Gasteiger partial charge in [0.25, 0.3) is 5.69 Å². The summed E-state index contributed by atoms with van der Waals surface area (Å²) in [6, 6.07) is 44.2. The minimum Gasteiger partial charge on any atom is -0.359 e. The van der Waals surface area contributed by atoms with Gasteiger partial charge in [-0.25, -0.2) is 8.42 Å². The number of para-hydroxylation sites is 1. The van der Waals surface area contributed by atoms with E-state index in [2.05, 4.69) is 75.9 Å². The highest BCUT2D eigenvalue weighted by Gasteiger charge is 2.67. The molecule has 5 aromatic rings. The SMILES string of the molecule is C=CCN1[C@H](COC(c2ccccc2)(c2ccccc2)c2ccccc2)[C@H](c2ccc(Br)cc2)C12CN(S(=O)(=O)c1ccccc1[N+](=O)[O-])C2. The molecule has 0 N–H and O–H groups in total. The number of nitro benzene ring substituents is 1. The Kier molecular flexibility index (Phi) is 9.32. The molecule has 2 aliphatic heterocycles. The number of likely N-dealkylation sites (tertiary alicyclic amines) is 1. The monoisotopic (exact) mass is 749 g/mol. The van der Waals surface area contributed by atoms with E-state index in [1.54, 1.807) is 0 Å². The van der Waals surface area contributed by atoms with Gasteiger partial charge in [0, 0.05) is 42.1 Å². The molecule has 0 aromatic heterocycles. The molecule has 1 spiro atoms. The molecule has 2 aliphatic rings. The number of nitrogens with zero attached hydrogens (tertiary/aromatic N) is 3. The van der Waals surface area contributed by atoms with E-state index in [1.807, 2.05) is 72.8 Å². The number of ether oxygens (including phenoxy) is 1. The molecule has 0 amide bonds. The Hall–Kier alpha value is -4.45. The van der Waals surface area contributed by atoms with Crippen LogP contribution in [0, 0.1) is 10.1 Å². The second kappa shape index (κ2) is 13.7. The van der Waals surface area contributed by atoms with Crippen LogP contribution in [0.5, 0.6) is 0 Å². The van der Waals surface area contributed by atoms with Crippen molar-refractivity contribution in [1.82, 2.24) is 9.21 Å². The number of nitro groups is 1. The molecule has 0 radical (unpaired) electrons. The largest absolute Gasteiger partial charge is 0.359 e. The van der Waals surface area contributed by atoms with Gasteiger partial charge in [-0.3, -0.25) is 15.0 Å². The lowest BCUT2D eigenvalue weighted by Gasteiger charge is -2.70. The molecule has 50 heavy (non-hydrogen) atoms. The summed E-state index contributed by atoms with van der Waals surface area (Å²) in [4.78, 5) is 13.1. The van der Waals surface area contributed by atoms with Gasteiger partial charge in [0.05, 0.1) is 17.1 Å². The fourth-order valence-corrected chi connectivity index (χ4v) is 9.85. The Morgan fingerprint density at radius 3 is 1.82 bits per heavy atom. The van der Waals surface area contributed by atoms with Crippen molar-refractivity contribution in [1.29, 1.82) is 0 Å². The van der Waals surface area contributed by atoms with Crippen molar-refractivity contribution in [2.24, 2.45) is 0 Å². The molecule has 0 unspecified atom stereocenters. The summed E-state index contributed by atoms with van der Waals surface area (Å²) in [5, 5.41) is 11.8. The van der Waals surface area contributed by atoms with Crippen LogP contribution in [-0.4, -0.2) is 60.4 Å². The number of hydrogen-bond donors (Lipinski definition) is 0. The molecule has 2 heterocycles. The van der Waals surface area contributed by atoms with Crippen molar-refractivity contribution in [2.75, 3.05) is 26.2 Å². The van der Waals surface area contributed by atoms with Gasteiger partial charge in [0.15, 0.2) is 4.90 Å². The van der Waals surface area contributed by atoms with Crippen molar-refractivity contribution in [3.8, 4) is 0 Å². The fraction of sp³-hybridized carbons (Fsp3) is 0.200. The summed E-state index contributed by atoms with van der Waals surface area (Å²) >= 11 is 3.57. The Bertz CT molecular complexity index is 2000. The maximum absolute atomic E-state index is 13.9. The minimum atomic E-state index is -4.14. The third-order valence-electron chi connectivity index (χ3n) is 10.1. The van der Waals surface area contributed by atoms with E-state index in [1.165, 1.54) is 28.6 Å². The highest BCUT2D eigenvalue weighted by molar-refractivity contribution is 9.10. The first kappa shape index (κ1) is 34.0. The maximum atomic E-state index is 13.9. The van der Waals surface area contributed by atoms with Crippen LogP contribution in [0.15, 0.2) is 162 Å². The number of hydrogen-bond acceptors (Lipinski definition) is 6. The van der Waals surface area contributed by atoms with E-state index in [4.69, 9.17) is 4.74 Å². The zero-order valence-corrected chi connectivity index (χ0v) is 29.6. The van der Waals surface area contributed by atoms with E-state index in [-0.39, 0.29) is 29.9 Å². The molecular weight excluding hydrogens is 714 g/mol. The lowest BCUT2D eigenvalue weighted by atomic mass is 9.61. The summed E-state index contributed by atoms with van der Waals surface area (Å²) in [5.74, 6) is -0.104. The first-order valence-electron chi connectivity index (χ1n) is 16.4. The van der Waals surface area contributed by atoms with Crippen molar-refractivity contribution in [2.45, 2.75) is 28.0 Å². The van der Waals surface area contributed by atoms with E-state index in [9.17, 15) is 18.5 Å². The molecule has 5 aromatic carbocycles.